The fourth-order valence-corrected chi connectivity index (χ4v) is 2.30. The van der Waals surface area contributed by atoms with E-state index in [0.29, 0.717) is 0 Å². The van der Waals surface area contributed by atoms with Crippen LogP contribution in [0.5, 0.6) is 11.5 Å². The highest BCUT2D eigenvalue weighted by Gasteiger charge is 2.33. The Labute approximate surface area is 146 Å². The van der Waals surface area contributed by atoms with Crippen molar-refractivity contribution in [3.05, 3.63) is 47.0 Å². The third-order valence-corrected chi connectivity index (χ3v) is 3.50. The van der Waals surface area contributed by atoms with Gasteiger partial charge in [-0.05, 0) is 12.1 Å². The van der Waals surface area contributed by atoms with Gasteiger partial charge in [0.25, 0.3) is 0 Å². The molecule has 0 aliphatic heterocycles. The minimum absolute atomic E-state index is 0.186. The van der Waals surface area contributed by atoms with Crippen LogP contribution in [-0.2, 0) is 6.18 Å². The Bertz CT molecular complexity index is 782. The van der Waals surface area contributed by atoms with E-state index >= 15 is 0 Å². The van der Waals surface area contributed by atoms with Gasteiger partial charge >= 0.3 is 12.2 Å². The van der Waals surface area contributed by atoms with Gasteiger partial charge in [0, 0.05) is 12.1 Å². The third kappa shape index (κ3) is 4.48. The molecule has 0 bridgehead atoms. The molecule has 5 nitrogen and oxygen atoms in total. The quantitative estimate of drug-likeness (QED) is 0.790. The van der Waals surface area contributed by atoms with Crippen molar-refractivity contribution >= 4 is 29.0 Å². The van der Waals surface area contributed by atoms with E-state index in [0.717, 1.165) is 12.1 Å². The third-order valence-electron chi connectivity index (χ3n) is 3.20. The van der Waals surface area contributed by atoms with Crippen molar-refractivity contribution in [3.63, 3.8) is 0 Å². The van der Waals surface area contributed by atoms with Crippen molar-refractivity contribution in [2.24, 2.45) is 0 Å². The van der Waals surface area contributed by atoms with Gasteiger partial charge in [-0.1, -0.05) is 23.7 Å². The molecule has 9 heteroatoms. The molecule has 0 atom stereocenters. The lowest BCUT2D eigenvalue weighted by Gasteiger charge is -2.16. The molecule has 0 radical (unpaired) electrons. The van der Waals surface area contributed by atoms with Crippen molar-refractivity contribution < 1.29 is 27.4 Å². The summed E-state index contributed by atoms with van der Waals surface area (Å²) >= 11 is 5.96. The predicted octanol–water partition coefficient (Wildman–Crippen LogP) is 5.02. The van der Waals surface area contributed by atoms with E-state index in [1.807, 2.05) is 0 Å². The van der Waals surface area contributed by atoms with Gasteiger partial charge in [0.05, 0.1) is 36.2 Å². The van der Waals surface area contributed by atoms with E-state index in [9.17, 15) is 18.0 Å². The van der Waals surface area contributed by atoms with Crippen LogP contribution in [0.3, 0.4) is 0 Å². The molecule has 2 aromatic rings. The first-order valence-electron chi connectivity index (χ1n) is 6.92. The first-order chi connectivity index (χ1) is 11.8. The van der Waals surface area contributed by atoms with E-state index in [4.69, 9.17) is 21.1 Å². The lowest BCUT2D eigenvalue weighted by atomic mass is 10.1. The molecule has 134 valence electrons. The number of para-hydroxylation sites is 1. The van der Waals surface area contributed by atoms with Gasteiger partial charge in [0.1, 0.15) is 11.5 Å². The molecule has 0 saturated carbocycles. The van der Waals surface area contributed by atoms with Gasteiger partial charge in [0.15, 0.2) is 0 Å². The van der Waals surface area contributed by atoms with Crippen LogP contribution in [0.4, 0.5) is 29.3 Å². The number of methoxy groups -OCH3 is 2. The monoisotopic (exact) mass is 374 g/mol. The second-order valence-corrected chi connectivity index (χ2v) is 5.22. The van der Waals surface area contributed by atoms with Gasteiger partial charge < -0.3 is 20.1 Å². The predicted molar refractivity (Wildman–Crippen MR) is 88.6 cm³/mol. The Morgan fingerprint density at radius 1 is 1.00 bits per heavy atom. The summed E-state index contributed by atoms with van der Waals surface area (Å²) in [6.45, 7) is 0. The van der Waals surface area contributed by atoms with Crippen molar-refractivity contribution in [2.75, 3.05) is 24.9 Å². The van der Waals surface area contributed by atoms with Crippen LogP contribution in [0.1, 0.15) is 5.56 Å². The number of carbonyl (C=O) groups excluding carboxylic acids is 1. The molecule has 25 heavy (non-hydrogen) atoms. The average molecular weight is 375 g/mol. The first-order valence-corrected chi connectivity index (χ1v) is 7.29. The van der Waals surface area contributed by atoms with E-state index in [1.54, 1.807) is 0 Å². The maximum absolute atomic E-state index is 13.0. The van der Waals surface area contributed by atoms with Crippen LogP contribution in [0, 0.1) is 0 Å². The number of ether oxygens (including phenoxy) is 2. The largest absolute Gasteiger partial charge is 0.495 e. The maximum Gasteiger partial charge on any atom is 0.418 e. The number of rotatable bonds is 4. The average Bonchev–Trinajstić information content (AvgIpc) is 2.55. The maximum atomic E-state index is 13.0. The number of urea groups is 1. The van der Waals surface area contributed by atoms with E-state index in [-0.39, 0.29) is 27.9 Å². The summed E-state index contributed by atoms with van der Waals surface area (Å²) < 4.78 is 49.0. The molecular formula is C16H14ClF3N2O3. The number of anilines is 2. The second-order valence-electron chi connectivity index (χ2n) is 4.81. The van der Waals surface area contributed by atoms with Gasteiger partial charge in [-0.25, -0.2) is 4.79 Å². The van der Waals surface area contributed by atoms with E-state index < -0.39 is 17.8 Å². The molecule has 0 fully saturated rings. The van der Waals surface area contributed by atoms with Crippen molar-refractivity contribution in [3.8, 4) is 11.5 Å². The molecule has 0 spiro atoms. The summed E-state index contributed by atoms with van der Waals surface area (Å²) in [7, 11) is 2.75. The van der Waals surface area contributed by atoms with Crippen LogP contribution in [0.2, 0.25) is 5.02 Å². The molecule has 2 N–H and O–H groups in total. The van der Waals surface area contributed by atoms with Crippen LogP contribution >= 0.6 is 11.6 Å². The minimum atomic E-state index is -4.59. The van der Waals surface area contributed by atoms with Crippen LogP contribution < -0.4 is 20.1 Å². The standard InChI is InChI=1S/C16H14ClF3N2O3/c1-24-13-8-12(14(25-2)7-10(13)17)22-15(23)21-11-6-4-3-5-9(11)16(18,19)20/h3-8H,1-2H3,(H2,21,22,23). The second kappa shape index (κ2) is 7.52. The number of halogens is 4. The van der Waals surface area contributed by atoms with Crippen LogP contribution in [0.15, 0.2) is 36.4 Å². The number of alkyl halides is 3. The number of hydrogen-bond acceptors (Lipinski definition) is 3. The first kappa shape index (κ1) is 18.7. The normalized spacial score (nSPS) is 11.0. The molecule has 0 aliphatic carbocycles. The molecule has 2 aromatic carbocycles. The Morgan fingerprint density at radius 3 is 2.20 bits per heavy atom. The van der Waals surface area contributed by atoms with Gasteiger partial charge in [-0.2, -0.15) is 13.2 Å². The molecular weight excluding hydrogens is 361 g/mol. The van der Waals surface area contributed by atoms with E-state index in [1.165, 1.54) is 38.5 Å². The Morgan fingerprint density at radius 2 is 1.60 bits per heavy atom. The SMILES string of the molecule is COc1cc(NC(=O)Nc2ccccc2C(F)(F)F)c(OC)cc1Cl. The highest BCUT2D eigenvalue weighted by Crippen LogP contribution is 2.37. The summed E-state index contributed by atoms with van der Waals surface area (Å²) in [6.07, 6.45) is -4.59. The van der Waals surface area contributed by atoms with E-state index in [2.05, 4.69) is 10.6 Å². The summed E-state index contributed by atoms with van der Waals surface area (Å²) in [5, 5.41) is 4.84. The zero-order valence-corrected chi connectivity index (χ0v) is 14.0. The highest BCUT2D eigenvalue weighted by atomic mass is 35.5. The van der Waals surface area contributed by atoms with Crippen molar-refractivity contribution in [1.29, 1.82) is 0 Å². The molecule has 2 amide bonds. The Kier molecular flexibility index (Phi) is 5.63. The van der Waals surface area contributed by atoms with Crippen molar-refractivity contribution in [2.45, 2.75) is 6.18 Å². The topological polar surface area (TPSA) is 59.6 Å². The zero-order chi connectivity index (χ0) is 18.6. The van der Waals surface area contributed by atoms with Crippen molar-refractivity contribution in [1.82, 2.24) is 0 Å². The van der Waals surface area contributed by atoms with Crippen LogP contribution in [-0.4, -0.2) is 20.3 Å². The van der Waals surface area contributed by atoms with Gasteiger partial charge in [-0.15, -0.1) is 0 Å². The molecule has 0 aliphatic rings. The molecule has 0 heterocycles. The number of benzene rings is 2. The summed E-state index contributed by atoms with van der Waals surface area (Å²) in [5.74, 6) is 0.499. The molecule has 2 rings (SSSR count). The number of nitrogens with one attached hydrogen (secondary N) is 2. The van der Waals surface area contributed by atoms with Gasteiger partial charge in [0.2, 0.25) is 0 Å². The summed E-state index contributed by atoms with van der Waals surface area (Å²) in [6, 6.07) is 6.59. The highest BCUT2D eigenvalue weighted by molar-refractivity contribution is 6.32. The number of hydrogen-bond donors (Lipinski definition) is 2. The summed E-state index contributed by atoms with van der Waals surface area (Å²) in [5.41, 5.74) is -1.14. The Hall–Kier alpha value is -2.61. The minimum Gasteiger partial charge on any atom is -0.495 e. The smallest absolute Gasteiger partial charge is 0.418 e. The number of amides is 2. The fraction of sp³-hybridized carbons (Fsp3) is 0.188. The van der Waals surface area contributed by atoms with Crippen LogP contribution in [0.25, 0.3) is 0 Å². The fourth-order valence-electron chi connectivity index (χ4n) is 2.07. The Balaban J connectivity index is 2.25. The van der Waals surface area contributed by atoms with Gasteiger partial charge in [-0.3, -0.25) is 0 Å². The summed E-state index contributed by atoms with van der Waals surface area (Å²) in [4.78, 5) is 12.1. The number of carbonyl (C=O) groups is 1. The zero-order valence-electron chi connectivity index (χ0n) is 13.2. The lowest BCUT2D eigenvalue weighted by Crippen LogP contribution is -2.22. The molecule has 0 unspecified atom stereocenters. The lowest BCUT2D eigenvalue weighted by molar-refractivity contribution is -0.136. The molecule has 0 aromatic heterocycles. The molecule has 0 saturated heterocycles.